The number of aliphatic imine (C=N–C) groups is 1. The fourth-order valence-corrected chi connectivity index (χ4v) is 3.67. The van der Waals surface area contributed by atoms with Gasteiger partial charge in [0.25, 0.3) is 0 Å². The number of nitrogens with one attached hydrogen (secondary N) is 2. The first-order valence-electron chi connectivity index (χ1n) is 10.9. The van der Waals surface area contributed by atoms with E-state index in [-0.39, 0.29) is 12.5 Å². The van der Waals surface area contributed by atoms with E-state index >= 15 is 0 Å². The molecule has 1 aliphatic rings. The van der Waals surface area contributed by atoms with Crippen molar-refractivity contribution in [2.75, 3.05) is 57.8 Å². The van der Waals surface area contributed by atoms with Gasteiger partial charge in [-0.3, -0.25) is 4.79 Å². The van der Waals surface area contributed by atoms with Crippen LogP contribution in [0.3, 0.4) is 0 Å². The lowest BCUT2D eigenvalue weighted by Gasteiger charge is -2.36. The topological polar surface area (TPSA) is 69.2 Å². The van der Waals surface area contributed by atoms with Crippen LogP contribution in [0.5, 0.6) is 5.75 Å². The number of piperazine rings is 1. The van der Waals surface area contributed by atoms with Crippen LogP contribution in [0.2, 0.25) is 0 Å². The molecule has 0 aromatic heterocycles. The molecule has 7 heteroatoms. The summed E-state index contributed by atoms with van der Waals surface area (Å²) in [7, 11) is 1.68. The van der Waals surface area contributed by atoms with E-state index < -0.39 is 0 Å². The van der Waals surface area contributed by atoms with Crippen LogP contribution >= 0.6 is 0 Å². The zero-order valence-corrected chi connectivity index (χ0v) is 18.5. The molecule has 1 saturated heterocycles. The summed E-state index contributed by atoms with van der Waals surface area (Å²) in [4.78, 5) is 21.4. The van der Waals surface area contributed by atoms with Gasteiger partial charge in [0.15, 0.2) is 5.96 Å². The van der Waals surface area contributed by atoms with Crippen molar-refractivity contribution in [3.8, 4) is 5.75 Å². The summed E-state index contributed by atoms with van der Waals surface area (Å²) in [5, 5.41) is 6.52. The minimum atomic E-state index is 0.0645. The summed E-state index contributed by atoms with van der Waals surface area (Å²) in [6.07, 6.45) is 0.809. The predicted molar refractivity (Wildman–Crippen MR) is 126 cm³/mol. The van der Waals surface area contributed by atoms with E-state index in [9.17, 15) is 4.79 Å². The summed E-state index contributed by atoms with van der Waals surface area (Å²) < 4.78 is 5.40. The van der Waals surface area contributed by atoms with E-state index in [1.807, 2.05) is 48.2 Å². The number of anilines is 1. The van der Waals surface area contributed by atoms with Crippen molar-refractivity contribution in [2.24, 2.45) is 4.99 Å². The van der Waals surface area contributed by atoms with Gasteiger partial charge in [0.2, 0.25) is 5.91 Å². The number of carbonyl (C=O) groups excluding carboxylic acids is 1. The monoisotopic (exact) mass is 423 g/mol. The number of para-hydroxylation sites is 2. The molecule has 0 spiro atoms. The third kappa shape index (κ3) is 6.64. The second-order valence-corrected chi connectivity index (χ2v) is 7.39. The summed E-state index contributed by atoms with van der Waals surface area (Å²) in [5.74, 6) is 1.61. The standard InChI is InChI=1S/C24H33N5O2/c1-3-25-24(26-14-13-20-9-7-8-12-22(20)31-2)27-19-23(30)29-17-15-28(16-18-29)21-10-5-4-6-11-21/h4-12H,3,13-19H2,1-2H3,(H2,25,26,27). The quantitative estimate of drug-likeness (QED) is 0.503. The second kappa shape index (κ2) is 11.8. The largest absolute Gasteiger partial charge is 0.496 e. The normalized spacial score (nSPS) is 14.3. The smallest absolute Gasteiger partial charge is 0.244 e. The van der Waals surface area contributed by atoms with Crippen LogP contribution < -0.4 is 20.3 Å². The highest BCUT2D eigenvalue weighted by Crippen LogP contribution is 2.17. The molecular formula is C24H33N5O2. The molecule has 1 heterocycles. The van der Waals surface area contributed by atoms with Gasteiger partial charge in [-0.2, -0.15) is 0 Å². The Balaban J connectivity index is 1.46. The highest BCUT2D eigenvalue weighted by molar-refractivity contribution is 5.85. The lowest BCUT2D eigenvalue weighted by Crippen LogP contribution is -2.49. The highest BCUT2D eigenvalue weighted by atomic mass is 16.5. The van der Waals surface area contributed by atoms with Crippen molar-refractivity contribution < 1.29 is 9.53 Å². The number of nitrogens with zero attached hydrogens (tertiary/aromatic N) is 3. The Bertz CT molecular complexity index is 848. The number of hydrogen-bond acceptors (Lipinski definition) is 4. The molecule has 3 rings (SSSR count). The molecule has 0 atom stereocenters. The lowest BCUT2D eigenvalue weighted by molar-refractivity contribution is -0.129. The molecule has 0 unspecified atom stereocenters. The maximum absolute atomic E-state index is 12.7. The van der Waals surface area contributed by atoms with Crippen LogP contribution in [0.25, 0.3) is 0 Å². The average Bonchev–Trinajstić information content (AvgIpc) is 2.83. The number of guanidine groups is 1. The van der Waals surface area contributed by atoms with E-state index in [1.165, 1.54) is 5.69 Å². The fourth-order valence-electron chi connectivity index (χ4n) is 3.67. The van der Waals surface area contributed by atoms with Gasteiger partial charge in [-0.1, -0.05) is 36.4 Å². The molecule has 7 nitrogen and oxygen atoms in total. The van der Waals surface area contributed by atoms with Crippen LogP contribution in [0, 0.1) is 0 Å². The fraction of sp³-hybridized carbons (Fsp3) is 0.417. The zero-order chi connectivity index (χ0) is 21.9. The van der Waals surface area contributed by atoms with Crippen molar-refractivity contribution in [2.45, 2.75) is 13.3 Å². The molecule has 0 radical (unpaired) electrons. The van der Waals surface area contributed by atoms with Crippen LogP contribution in [0.4, 0.5) is 5.69 Å². The Labute approximate surface area is 185 Å². The van der Waals surface area contributed by atoms with Gasteiger partial charge in [0.1, 0.15) is 12.3 Å². The minimum absolute atomic E-state index is 0.0645. The van der Waals surface area contributed by atoms with Crippen LogP contribution in [-0.2, 0) is 11.2 Å². The molecule has 1 amide bonds. The summed E-state index contributed by atoms with van der Waals surface area (Å²) in [6, 6.07) is 18.3. The highest BCUT2D eigenvalue weighted by Gasteiger charge is 2.21. The number of ether oxygens (including phenoxy) is 1. The van der Waals surface area contributed by atoms with Gasteiger partial charge in [0, 0.05) is 45.0 Å². The summed E-state index contributed by atoms with van der Waals surface area (Å²) in [6.45, 7) is 6.74. The molecule has 0 saturated carbocycles. The molecular weight excluding hydrogens is 390 g/mol. The Hall–Kier alpha value is -3.22. The molecule has 1 aliphatic heterocycles. The van der Waals surface area contributed by atoms with Crippen molar-refractivity contribution in [1.82, 2.24) is 15.5 Å². The SMILES string of the molecule is CCNC(=NCC(=O)N1CCN(c2ccccc2)CC1)NCCc1ccccc1OC. The number of amides is 1. The molecule has 0 aliphatic carbocycles. The molecule has 1 fully saturated rings. The number of rotatable bonds is 8. The van der Waals surface area contributed by atoms with Crippen molar-refractivity contribution in [3.63, 3.8) is 0 Å². The van der Waals surface area contributed by atoms with Crippen LogP contribution in [-0.4, -0.2) is 69.7 Å². The number of hydrogen-bond donors (Lipinski definition) is 2. The van der Waals surface area contributed by atoms with Crippen molar-refractivity contribution in [3.05, 3.63) is 60.2 Å². The number of methoxy groups -OCH3 is 1. The lowest BCUT2D eigenvalue weighted by atomic mass is 10.1. The van der Waals surface area contributed by atoms with Crippen molar-refractivity contribution >= 4 is 17.6 Å². The average molecular weight is 424 g/mol. The first kappa shape index (κ1) is 22.5. The predicted octanol–water partition coefficient (Wildman–Crippen LogP) is 2.14. The van der Waals surface area contributed by atoms with Gasteiger partial charge in [-0.05, 0) is 37.1 Å². The van der Waals surface area contributed by atoms with E-state index in [0.29, 0.717) is 12.5 Å². The maximum atomic E-state index is 12.7. The summed E-state index contributed by atoms with van der Waals surface area (Å²) in [5.41, 5.74) is 2.35. The van der Waals surface area contributed by atoms with Crippen LogP contribution in [0.15, 0.2) is 59.6 Å². The maximum Gasteiger partial charge on any atom is 0.244 e. The first-order chi connectivity index (χ1) is 15.2. The van der Waals surface area contributed by atoms with Crippen molar-refractivity contribution in [1.29, 1.82) is 0 Å². The third-order valence-electron chi connectivity index (χ3n) is 5.35. The Kier molecular flexibility index (Phi) is 8.58. The summed E-state index contributed by atoms with van der Waals surface area (Å²) >= 11 is 0. The van der Waals surface area contributed by atoms with Gasteiger partial charge >= 0.3 is 0 Å². The molecule has 2 aromatic carbocycles. The van der Waals surface area contributed by atoms with Gasteiger partial charge < -0.3 is 25.2 Å². The van der Waals surface area contributed by atoms with Gasteiger partial charge in [-0.25, -0.2) is 4.99 Å². The van der Waals surface area contributed by atoms with Crippen LogP contribution in [0.1, 0.15) is 12.5 Å². The molecule has 2 N–H and O–H groups in total. The van der Waals surface area contributed by atoms with E-state index in [0.717, 1.165) is 50.5 Å². The minimum Gasteiger partial charge on any atom is -0.496 e. The molecule has 166 valence electrons. The number of carbonyl (C=O) groups is 1. The third-order valence-corrected chi connectivity index (χ3v) is 5.35. The number of benzene rings is 2. The second-order valence-electron chi connectivity index (χ2n) is 7.39. The Morgan fingerprint density at radius 1 is 1.00 bits per heavy atom. The zero-order valence-electron chi connectivity index (χ0n) is 18.5. The molecule has 0 bridgehead atoms. The van der Waals surface area contributed by atoms with E-state index in [1.54, 1.807) is 7.11 Å². The Morgan fingerprint density at radius 3 is 2.42 bits per heavy atom. The van der Waals surface area contributed by atoms with Gasteiger partial charge in [-0.15, -0.1) is 0 Å². The Morgan fingerprint density at radius 2 is 1.71 bits per heavy atom. The first-order valence-corrected chi connectivity index (χ1v) is 10.9. The van der Waals surface area contributed by atoms with E-state index in [4.69, 9.17) is 4.74 Å². The van der Waals surface area contributed by atoms with Gasteiger partial charge in [0.05, 0.1) is 7.11 Å². The van der Waals surface area contributed by atoms with E-state index in [2.05, 4.69) is 38.7 Å². The molecule has 2 aromatic rings. The molecule has 31 heavy (non-hydrogen) atoms.